The Balaban J connectivity index is 2.08. The minimum atomic E-state index is -3.46. The molecule has 0 aliphatic rings. The van der Waals surface area contributed by atoms with Gasteiger partial charge >= 0.3 is 0 Å². The van der Waals surface area contributed by atoms with Gasteiger partial charge in [-0.05, 0) is 55.7 Å². The van der Waals surface area contributed by atoms with Crippen molar-refractivity contribution in [1.82, 2.24) is 5.43 Å². The second-order valence-corrected chi connectivity index (χ2v) is 9.03. The summed E-state index contributed by atoms with van der Waals surface area (Å²) in [6.45, 7) is 6.58. The molecule has 30 heavy (non-hydrogen) atoms. The number of rotatable bonds is 7. The predicted molar refractivity (Wildman–Crippen MR) is 119 cm³/mol. The van der Waals surface area contributed by atoms with Crippen molar-refractivity contribution in [2.45, 2.75) is 32.6 Å². The third-order valence-electron chi connectivity index (χ3n) is 4.18. The lowest BCUT2D eigenvalue weighted by Crippen LogP contribution is -2.27. The summed E-state index contributed by atoms with van der Waals surface area (Å²) in [6, 6.07) is 10.6. The molecule has 8 nitrogen and oxygen atoms in total. The van der Waals surface area contributed by atoms with Crippen molar-refractivity contribution >= 4 is 38.7 Å². The topological polar surface area (TPSA) is 117 Å². The Morgan fingerprint density at radius 2 is 1.77 bits per heavy atom. The van der Waals surface area contributed by atoms with Crippen LogP contribution in [-0.2, 0) is 19.4 Å². The van der Waals surface area contributed by atoms with Gasteiger partial charge in [-0.15, -0.1) is 0 Å². The molecule has 0 aliphatic heterocycles. The summed E-state index contributed by atoms with van der Waals surface area (Å²) >= 11 is 0. The zero-order valence-corrected chi connectivity index (χ0v) is 18.5. The number of hydrogen-bond donors (Lipinski definition) is 3. The van der Waals surface area contributed by atoms with E-state index in [1.54, 1.807) is 44.2 Å². The van der Waals surface area contributed by atoms with Crippen molar-refractivity contribution in [3.8, 4) is 0 Å². The molecule has 0 saturated carbocycles. The maximum atomic E-state index is 12.2. The summed E-state index contributed by atoms with van der Waals surface area (Å²) in [4.78, 5) is 23.6. The molecule has 0 atom stereocenters. The van der Waals surface area contributed by atoms with Gasteiger partial charge in [-0.1, -0.05) is 18.2 Å². The highest BCUT2D eigenvalue weighted by atomic mass is 32.2. The van der Waals surface area contributed by atoms with E-state index in [2.05, 4.69) is 21.2 Å². The lowest BCUT2D eigenvalue weighted by atomic mass is 10.1. The van der Waals surface area contributed by atoms with Crippen molar-refractivity contribution < 1.29 is 18.0 Å². The summed E-state index contributed by atoms with van der Waals surface area (Å²) in [6.07, 6.45) is 1.14. The van der Waals surface area contributed by atoms with E-state index in [-0.39, 0.29) is 17.3 Å². The van der Waals surface area contributed by atoms with Crippen LogP contribution in [0.15, 0.2) is 46.4 Å². The van der Waals surface area contributed by atoms with Gasteiger partial charge in [0.25, 0.3) is 5.91 Å². The molecular formula is C21H26N4O4S. The Labute approximate surface area is 176 Å². The van der Waals surface area contributed by atoms with E-state index in [1.165, 1.54) is 6.92 Å². The number of amides is 2. The molecule has 0 aromatic heterocycles. The first-order valence-corrected chi connectivity index (χ1v) is 11.1. The van der Waals surface area contributed by atoms with Crippen LogP contribution in [0.2, 0.25) is 0 Å². The SMILES string of the molecule is CC(=O)Nc1cccc(/C(C)=N\NC(=O)CNc2cc(C)cc(C)c2S(C)(=O)=O)c1. The lowest BCUT2D eigenvalue weighted by Gasteiger charge is -2.14. The minimum Gasteiger partial charge on any atom is -0.375 e. The smallest absolute Gasteiger partial charge is 0.259 e. The van der Waals surface area contributed by atoms with E-state index >= 15 is 0 Å². The van der Waals surface area contributed by atoms with Crippen molar-refractivity contribution in [3.63, 3.8) is 0 Å². The highest BCUT2D eigenvalue weighted by Gasteiger charge is 2.17. The Morgan fingerprint density at radius 1 is 1.07 bits per heavy atom. The minimum absolute atomic E-state index is 0.145. The number of nitrogens with zero attached hydrogens (tertiary/aromatic N) is 1. The van der Waals surface area contributed by atoms with Crippen molar-refractivity contribution in [2.24, 2.45) is 5.10 Å². The van der Waals surface area contributed by atoms with Crippen LogP contribution in [0.4, 0.5) is 11.4 Å². The average molecular weight is 431 g/mol. The van der Waals surface area contributed by atoms with Crippen molar-refractivity contribution in [1.29, 1.82) is 0 Å². The van der Waals surface area contributed by atoms with Crippen LogP contribution in [-0.4, -0.2) is 38.7 Å². The van der Waals surface area contributed by atoms with Gasteiger partial charge in [0.15, 0.2) is 9.84 Å². The molecule has 0 bridgehead atoms. The van der Waals surface area contributed by atoms with E-state index in [1.807, 2.05) is 13.0 Å². The molecule has 2 aromatic rings. The fourth-order valence-electron chi connectivity index (χ4n) is 3.03. The molecule has 0 saturated heterocycles. The normalized spacial score (nSPS) is 11.7. The van der Waals surface area contributed by atoms with Gasteiger partial charge in [-0.3, -0.25) is 9.59 Å². The molecule has 2 amide bonds. The Morgan fingerprint density at radius 3 is 2.40 bits per heavy atom. The number of sulfone groups is 1. The maximum Gasteiger partial charge on any atom is 0.259 e. The third kappa shape index (κ3) is 6.41. The number of benzene rings is 2. The molecule has 9 heteroatoms. The molecule has 0 heterocycles. The van der Waals surface area contributed by atoms with Crippen molar-refractivity contribution in [3.05, 3.63) is 53.1 Å². The molecule has 0 unspecified atom stereocenters. The van der Waals surface area contributed by atoms with Crippen LogP contribution in [0.5, 0.6) is 0 Å². The molecule has 160 valence electrons. The van der Waals surface area contributed by atoms with E-state index in [0.29, 0.717) is 22.6 Å². The van der Waals surface area contributed by atoms with Gasteiger partial charge in [0, 0.05) is 18.9 Å². The summed E-state index contributed by atoms with van der Waals surface area (Å²) in [5.41, 5.74) is 6.26. The van der Waals surface area contributed by atoms with E-state index < -0.39 is 15.7 Å². The average Bonchev–Trinajstić information content (AvgIpc) is 2.62. The van der Waals surface area contributed by atoms with Gasteiger partial charge in [0.05, 0.1) is 22.8 Å². The van der Waals surface area contributed by atoms with Crippen LogP contribution in [0.25, 0.3) is 0 Å². The molecule has 0 fully saturated rings. The number of carbonyl (C=O) groups excluding carboxylic acids is 2. The first-order valence-electron chi connectivity index (χ1n) is 9.23. The molecule has 0 spiro atoms. The lowest BCUT2D eigenvalue weighted by molar-refractivity contribution is -0.119. The number of hydrogen-bond acceptors (Lipinski definition) is 6. The summed E-state index contributed by atoms with van der Waals surface area (Å²) in [7, 11) is -3.46. The Bertz CT molecular complexity index is 1110. The Hall–Kier alpha value is -3.20. The van der Waals surface area contributed by atoms with Gasteiger partial charge in [-0.2, -0.15) is 5.10 Å². The highest BCUT2D eigenvalue weighted by Crippen LogP contribution is 2.26. The molecule has 2 aromatic carbocycles. The fourth-order valence-corrected chi connectivity index (χ4v) is 4.20. The molecule has 2 rings (SSSR count). The molecule has 3 N–H and O–H groups in total. The van der Waals surface area contributed by atoms with E-state index in [0.717, 1.165) is 17.4 Å². The standard InChI is InChI=1S/C21H26N4O4S/c1-13-9-14(2)21(30(5,28)29)19(10-13)22-12-20(27)25-24-15(3)17-7-6-8-18(11-17)23-16(4)26/h6-11,22H,12H2,1-5H3,(H,23,26)(H,25,27)/b24-15-. The quantitative estimate of drug-likeness (QED) is 0.461. The predicted octanol–water partition coefficient (Wildman–Crippen LogP) is 2.62. The van der Waals surface area contributed by atoms with Crippen LogP contribution in [0.1, 0.15) is 30.5 Å². The number of carbonyl (C=O) groups is 2. The summed E-state index contributed by atoms with van der Waals surface area (Å²) < 4.78 is 24.2. The largest absolute Gasteiger partial charge is 0.375 e. The Kier molecular flexibility index (Phi) is 7.33. The number of anilines is 2. The second-order valence-electron chi connectivity index (χ2n) is 7.08. The van der Waals surface area contributed by atoms with Gasteiger partial charge < -0.3 is 10.6 Å². The van der Waals surface area contributed by atoms with Crippen LogP contribution in [0, 0.1) is 13.8 Å². The number of aryl methyl sites for hydroxylation is 2. The summed E-state index contributed by atoms with van der Waals surface area (Å²) in [5, 5.41) is 9.66. The number of nitrogens with one attached hydrogen (secondary N) is 3. The second kappa shape index (κ2) is 9.53. The van der Waals surface area contributed by atoms with Crippen LogP contribution < -0.4 is 16.1 Å². The zero-order valence-electron chi connectivity index (χ0n) is 17.7. The zero-order chi connectivity index (χ0) is 22.5. The molecule has 0 radical (unpaired) electrons. The monoisotopic (exact) mass is 430 g/mol. The first-order chi connectivity index (χ1) is 14.0. The molecular weight excluding hydrogens is 404 g/mol. The van der Waals surface area contributed by atoms with E-state index in [4.69, 9.17) is 0 Å². The number of hydrazone groups is 1. The van der Waals surface area contributed by atoms with Crippen molar-refractivity contribution in [2.75, 3.05) is 23.4 Å². The maximum absolute atomic E-state index is 12.2. The third-order valence-corrected chi connectivity index (χ3v) is 5.46. The van der Waals surface area contributed by atoms with E-state index in [9.17, 15) is 18.0 Å². The highest BCUT2D eigenvalue weighted by molar-refractivity contribution is 7.91. The summed E-state index contributed by atoms with van der Waals surface area (Å²) in [5.74, 6) is -0.605. The van der Waals surface area contributed by atoms with Gasteiger partial charge in [-0.25, -0.2) is 13.8 Å². The first kappa shape index (κ1) is 23.1. The van der Waals surface area contributed by atoms with Crippen LogP contribution >= 0.6 is 0 Å². The molecule has 0 aliphatic carbocycles. The fraction of sp³-hybridized carbons (Fsp3) is 0.286. The van der Waals surface area contributed by atoms with Gasteiger partial charge in [0.1, 0.15) is 0 Å². The van der Waals surface area contributed by atoms with Crippen LogP contribution in [0.3, 0.4) is 0 Å². The van der Waals surface area contributed by atoms with Gasteiger partial charge in [0.2, 0.25) is 5.91 Å².